The molecule has 8 heteroatoms. The van der Waals surface area contributed by atoms with Crippen LogP contribution in [-0.4, -0.2) is 72.2 Å². The van der Waals surface area contributed by atoms with Crippen molar-refractivity contribution in [3.05, 3.63) is 5.21 Å². The van der Waals surface area contributed by atoms with Gasteiger partial charge in [0.1, 0.15) is 0 Å². The predicted octanol–water partition coefficient (Wildman–Crippen LogP) is 1.93. The van der Waals surface area contributed by atoms with E-state index >= 15 is 0 Å². The van der Waals surface area contributed by atoms with Gasteiger partial charge in [-0.25, -0.2) is 0 Å². The van der Waals surface area contributed by atoms with Gasteiger partial charge in [0.05, 0.1) is 29.6 Å². The van der Waals surface area contributed by atoms with E-state index in [0.717, 1.165) is 5.06 Å². The van der Waals surface area contributed by atoms with Crippen molar-refractivity contribution in [1.82, 2.24) is 5.06 Å². The van der Waals surface area contributed by atoms with E-state index in [4.69, 9.17) is 25.8 Å². The Hall–Kier alpha value is -0.570. The lowest BCUT2D eigenvalue weighted by molar-refractivity contribution is -0.175. The molecule has 2 heterocycles. The number of alkyl halides is 1. The maximum absolute atomic E-state index is 13.7. The first-order valence-electron chi connectivity index (χ1n) is 10.2. The second-order valence-electron chi connectivity index (χ2n) is 8.90. The third-order valence-corrected chi connectivity index (χ3v) is 8.13. The zero-order chi connectivity index (χ0) is 20.4. The second-order valence-corrected chi connectivity index (χ2v) is 9.40. The van der Waals surface area contributed by atoms with Gasteiger partial charge in [0.15, 0.2) is 17.2 Å². The summed E-state index contributed by atoms with van der Waals surface area (Å²) in [4.78, 5) is 27.3. The molecular weight excluding hydrogens is 386 g/mol. The van der Waals surface area contributed by atoms with Crippen molar-refractivity contribution < 1.29 is 23.8 Å². The van der Waals surface area contributed by atoms with Crippen LogP contribution in [0.1, 0.15) is 39.5 Å². The fraction of sp³-hybridized carbons (Fsp3) is 0.900. The molecule has 4 rings (SSSR count). The van der Waals surface area contributed by atoms with E-state index in [1.807, 2.05) is 13.8 Å². The summed E-state index contributed by atoms with van der Waals surface area (Å²) in [5.41, 5.74) is -1.52. The van der Waals surface area contributed by atoms with Gasteiger partial charge >= 0.3 is 0 Å². The van der Waals surface area contributed by atoms with Crippen molar-refractivity contribution in [1.29, 1.82) is 0 Å². The van der Waals surface area contributed by atoms with Crippen molar-refractivity contribution in [2.45, 2.75) is 80.9 Å². The highest BCUT2D eigenvalue weighted by Gasteiger charge is 2.69. The maximum Gasteiger partial charge on any atom is 0.188 e. The number of methoxy groups -OCH3 is 2. The summed E-state index contributed by atoms with van der Waals surface area (Å²) in [5.74, 6) is -1.91. The van der Waals surface area contributed by atoms with Crippen molar-refractivity contribution in [3.63, 3.8) is 0 Å². The lowest BCUT2D eigenvalue weighted by atomic mass is 9.62. The lowest BCUT2D eigenvalue weighted by Crippen LogP contribution is -2.64. The molecule has 1 spiro atoms. The van der Waals surface area contributed by atoms with Gasteiger partial charge in [-0.05, 0) is 25.3 Å². The molecule has 10 atom stereocenters. The zero-order valence-corrected chi connectivity index (χ0v) is 17.6. The Balaban J connectivity index is 1.70. The minimum Gasteiger partial charge on any atom is -0.785 e. The summed E-state index contributed by atoms with van der Waals surface area (Å²) in [6.07, 6.45) is 0.852. The van der Waals surface area contributed by atoms with Crippen LogP contribution in [0.4, 0.5) is 0 Å². The van der Waals surface area contributed by atoms with E-state index in [2.05, 4.69) is 0 Å². The molecule has 2 aliphatic heterocycles. The molecule has 2 aliphatic carbocycles. The number of hydrogen-bond acceptors (Lipinski definition) is 7. The smallest absolute Gasteiger partial charge is 0.188 e. The van der Waals surface area contributed by atoms with Crippen molar-refractivity contribution >= 4 is 23.2 Å². The van der Waals surface area contributed by atoms with Crippen LogP contribution < -0.4 is 0 Å². The fourth-order valence-electron chi connectivity index (χ4n) is 5.98. The number of carbonyl (C=O) groups excluding carboxylic acids is 2. The first-order valence-corrected chi connectivity index (χ1v) is 10.6. The van der Waals surface area contributed by atoms with Crippen LogP contribution in [0.5, 0.6) is 0 Å². The molecule has 0 N–H and O–H groups in total. The standard InChI is InChI=1S/C20H29ClNO6/c1-9-7-12-11(6-5-10(2)22(12)25)18(23)20(9)19(24)15-13(26-3)8-14(27-4)16(21)17(15)28-20/h9-17H,5-8H2,1-4H3/q-1/t9-,10?,11?,12?,13?,14?,15?,16?,17?,20+/m1/s1. The monoisotopic (exact) mass is 414 g/mol. The quantitative estimate of drug-likeness (QED) is 0.503. The first kappa shape index (κ1) is 20.7. The van der Waals surface area contributed by atoms with Crippen LogP contribution in [0.15, 0.2) is 0 Å². The molecule has 8 unspecified atom stereocenters. The summed E-state index contributed by atoms with van der Waals surface area (Å²) in [6.45, 7) is 3.73. The van der Waals surface area contributed by atoms with E-state index < -0.39 is 35.0 Å². The normalized spacial score (nSPS) is 52.0. The van der Waals surface area contributed by atoms with Crippen molar-refractivity contribution in [2.24, 2.45) is 17.8 Å². The van der Waals surface area contributed by atoms with Gasteiger partial charge in [-0.1, -0.05) is 13.8 Å². The Bertz CT molecular complexity index is 661. The molecule has 0 radical (unpaired) electrons. The number of Topliss-reactive ketones (excluding diaryl/α,β-unsaturated/α-hetero) is 2. The van der Waals surface area contributed by atoms with Gasteiger partial charge in [-0.3, -0.25) is 9.59 Å². The Morgan fingerprint density at radius 1 is 1.11 bits per heavy atom. The predicted molar refractivity (Wildman–Crippen MR) is 102 cm³/mol. The minimum absolute atomic E-state index is 0.106. The number of piperidine rings is 1. The molecule has 0 aromatic heterocycles. The Kier molecular flexibility index (Phi) is 5.39. The largest absolute Gasteiger partial charge is 0.785 e. The molecular formula is C20H29ClNO6-. The molecule has 4 fully saturated rings. The van der Waals surface area contributed by atoms with E-state index in [9.17, 15) is 14.8 Å². The number of fused-ring (bicyclic) bond motifs is 2. The van der Waals surface area contributed by atoms with Crippen LogP contribution in [0.2, 0.25) is 0 Å². The topological polar surface area (TPSA) is 88.1 Å². The molecule has 7 nitrogen and oxygen atoms in total. The zero-order valence-electron chi connectivity index (χ0n) is 16.8. The first-order chi connectivity index (χ1) is 13.3. The molecule has 2 saturated carbocycles. The molecule has 0 bridgehead atoms. The average Bonchev–Trinajstić information content (AvgIpc) is 2.99. The van der Waals surface area contributed by atoms with Gasteiger partial charge < -0.3 is 24.5 Å². The van der Waals surface area contributed by atoms with E-state index in [-0.39, 0.29) is 35.7 Å². The van der Waals surface area contributed by atoms with E-state index in [1.54, 1.807) is 14.2 Å². The number of ketones is 2. The number of rotatable bonds is 2. The molecule has 2 saturated heterocycles. The molecule has 0 aromatic carbocycles. The number of hydroxylamine groups is 2. The van der Waals surface area contributed by atoms with Crippen LogP contribution in [0.25, 0.3) is 0 Å². The number of hydrogen-bond donors (Lipinski definition) is 0. The summed E-state index contributed by atoms with van der Waals surface area (Å²) in [5, 5.41) is 13.1. The van der Waals surface area contributed by atoms with Crippen LogP contribution in [0, 0.1) is 23.0 Å². The molecule has 4 aliphatic rings. The van der Waals surface area contributed by atoms with E-state index in [1.165, 1.54) is 0 Å². The van der Waals surface area contributed by atoms with Gasteiger partial charge in [0.2, 0.25) is 0 Å². The second kappa shape index (κ2) is 7.29. The Labute approximate surface area is 170 Å². The highest BCUT2D eigenvalue weighted by atomic mass is 35.5. The van der Waals surface area contributed by atoms with Gasteiger partial charge in [0, 0.05) is 38.5 Å². The molecule has 28 heavy (non-hydrogen) atoms. The highest BCUT2D eigenvalue weighted by Crippen LogP contribution is 2.52. The summed E-state index contributed by atoms with van der Waals surface area (Å²) < 4.78 is 17.4. The van der Waals surface area contributed by atoms with Gasteiger partial charge in [-0.2, -0.15) is 0 Å². The Morgan fingerprint density at radius 2 is 1.79 bits per heavy atom. The van der Waals surface area contributed by atoms with Crippen LogP contribution >= 0.6 is 11.6 Å². The third kappa shape index (κ3) is 2.67. The molecule has 158 valence electrons. The number of ether oxygens (including phenoxy) is 3. The number of halogens is 1. The van der Waals surface area contributed by atoms with Crippen molar-refractivity contribution in [3.8, 4) is 0 Å². The van der Waals surface area contributed by atoms with E-state index in [0.29, 0.717) is 25.7 Å². The van der Waals surface area contributed by atoms with Gasteiger partial charge in [-0.15, -0.1) is 11.6 Å². The van der Waals surface area contributed by atoms with Crippen molar-refractivity contribution in [2.75, 3.05) is 14.2 Å². The minimum atomic E-state index is -1.52. The lowest BCUT2D eigenvalue weighted by Gasteiger charge is -2.55. The molecule has 0 amide bonds. The summed E-state index contributed by atoms with van der Waals surface area (Å²) in [7, 11) is 3.13. The SMILES string of the molecule is COC1CC(OC)C2C(=O)[C@@]3(OC2C1Cl)C(=O)C1CCC(C)N([O-])C1C[C@H]3C. The van der Waals surface area contributed by atoms with Gasteiger partial charge in [0.25, 0.3) is 0 Å². The Morgan fingerprint density at radius 3 is 2.43 bits per heavy atom. The summed E-state index contributed by atoms with van der Waals surface area (Å²) in [6, 6.07) is -0.488. The summed E-state index contributed by atoms with van der Waals surface area (Å²) >= 11 is 6.62. The number of carbonyl (C=O) groups is 2. The van der Waals surface area contributed by atoms with Crippen LogP contribution in [0.3, 0.4) is 0 Å². The number of nitrogens with zero attached hydrogens (tertiary/aromatic N) is 1. The fourth-order valence-corrected chi connectivity index (χ4v) is 6.39. The maximum atomic E-state index is 13.7. The third-order valence-electron chi connectivity index (χ3n) is 7.60. The van der Waals surface area contributed by atoms with Crippen LogP contribution in [-0.2, 0) is 23.8 Å². The average molecular weight is 415 g/mol. The molecule has 0 aromatic rings. The highest BCUT2D eigenvalue weighted by molar-refractivity contribution is 6.23.